The van der Waals surface area contributed by atoms with Crippen molar-refractivity contribution in [2.45, 2.75) is 13.0 Å². The van der Waals surface area contributed by atoms with Gasteiger partial charge < -0.3 is 9.84 Å². The number of fused-ring (bicyclic) bond motifs is 1. The first-order chi connectivity index (χ1) is 7.66. The zero-order chi connectivity index (χ0) is 11.5. The predicted molar refractivity (Wildman–Crippen MR) is 56.8 cm³/mol. The highest BCUT2D eigenvalue weighted by atomic mass is 16.5. The van der Waals surface area contributed by atoms with Crippen LogP contribution in [0.3, 0.4) is 0 Å². The van der Waals surface area contributed by atoms with Crippen molar-refractivity contribution < 1.29 is 19.4 Å². The van der Waals surface area contributed by atoms with E-state index in [2.05, 4.69) is 0 Å². The Morgan fingerprint density at radius 1 is 1.50 bits per heavy atom. The number of hydrogen-bond acceptors (Lipinski definition) is 3. The van der Waals surface area contributed by atoms with Crippen molar-refractivity contribution in [2.75, 3.05) is 0 Å². The van der Waals surface area contributed by atoms with E-state index in [-0.39, 0.29) is 12.4 Å². The minimum atomic E-state index is -0.878. The second kappa shape index (κ2) is 4.18. The van der Waals surface area contributed by atoms with Crippen LogP contribution in [0.5, 0.6) is 0 Å². The maximum absolute atomic E-state index is 11.3. The monoisotopic (exact) mass is 218 g/mol. The summed E-state index contributed by atoms with van der Waals surface area (Å²) in [5.41, 5.74) is 2.25. The van der Waals surface area contributed by atoms with Gasteiger partial charge in [-0.05, 0) is 11.6 Å². The number of carboxylic acids is 1. The summed E-state index contributed by atoms with van der Waals surface area (Å²) in [6.45, 7) is 0.327. The molecule has 1 aliphatic heterocycles. The summed E-state index contributed by atoms with van der Waals surface area (Å²) in [4.78, 5) is 21.6. The highest BCUT2D eigenvalue weighted by Gasteiger charge is 2.20. The average molecular weight is 218 g/mol. The lowest BCUT2D eigenvalue weighted by Gasteiger charge is -1.96. The number of rotatable bonds is 3. The summed E-state index contributed by atoms with van der Waals surface area (Å²) in [6.07, 6.45) is 3.20. The largest absolute Gasteiger partial charge is 0.481 e. The average Bonchev–Trinajstić information content (AvgIpc) is 2.60. The van der Waals surface area contributed by atoms with Crippen LogP contribution in [0.2, 0.25) is 0 Å². The third-order valence-corrected chi connectivity index (χ3v) is 2.32. The summed E-state index contributed by atoms with van der Waals surface area (Å²) < 4.78 is 4.86. The van der Waals surface area contributed by atoms with Gasteiger partial charge in [0.2, 0.25) is 0 Å². The summed E-state index contributed by atoms with van der Waals surface area (Å²) >= 11 is 0. The molecule has 0 fully saturated rings. The number of aliphatic carboxylic acids is 1. The van der Waals surface area contributed by atoms with Gasteiger partial charge in [0.05, 0.1) is 12.0 Å². The second-order valence-corrected chi connectivity index (χ2v) is 3.49. The summed E-state index contributed by atoms with van der Waals surface area (Å²) in [5, 5.41) is 8.46. The van der Waals surface area contributed by atoms with Crippen molar-refractivity contribution in [1.29, 1.82) is 0 Å². The van der Waals surface area contributed by atoms with E-state index < -0.39 is 5.97 Å². The first-order valence-electron chi connectivity index (χ1n) is 4.85. The quantitative estimate of drug-likeness (QED) is 0.786. The molecule has 1 aliphatic rings. The van der Waals surface area contributed by atoms with Crippen LogP contribution in [-0.4, -0.2) is 17.0 Å². The van der Waals surface area contributed by atoms with E-state index in [9.17, 15) is 9.59 Å². The smallest absolute Gasteiger partial charge is 0.338 e. The molecule has 0 amide bonds. The molecule has 0 radical (unpaired) electrons. The number of ether oxygens (including phenoxy) is 1. The molecule has 82 valence electrons. The van der Waals surface area contributed by atoms with Crippen molar-refractivity contribution in [3.63, 3.8) is 0 Å². The predicted octanol–water partition coefficient (Wildman–Crippen LogP) is 1.84. The zero-order valence-electron chi connectivity index (χ0n) is 8.47. The number of benzene rings is 1. The van der Waals surface area contributed by atoms with E-state index in [4.69, 9.17) is 9.84 Å². The molecule has 0 unspecified atom stereocenters. The van der Waals surface area contributed by atoms with Crippen molar-refractivity contribution in [2.24, 2.45) is 0 Å². The van der Waals surface area contributed by atoms with Gasteiger partial charge in [0.1, 0.15) is 6.61 Å². The third kappa shape index (κ3) is 2.11. The molecule has 0 atom stereocenters. The van der Waals surface area contributed by atoms with E-state index in [1.54, 1.807) is 18.2 Å². The Morgan fingerprint density at radius 3 is 3.06 bits per heavy atom. The van der Waals surface area contributed by atoms with Crippen LogP contribution in [0.25, 0.3) is 6.08 Å². The van der Waals surface area contributed by atoms with Crippen LogP contribution < -0.4 is 0 Å². The molecule has 1 aromatic carbocycles. The minimum Gasteiger partial charge on any atom is -0.481 e. The highest BCUT2D eigenvalue weighted by Crippen LogP contribution is 2.21. The number of carbonyl (C=O) groups is 2. The fraction of sp³-hybridized carbons (Fsp3) is 0.167. The Morgan fingerprint density at radius 2 is 2.31 bits per heavy atom. The van der Waals surface area contributed by atoms with Crippen molar-refractivity contribution in [1.82, 2.24) is 0 Å². The van der Waals surface area contributed by atoms with E-state index in [1.807, 2.05) is 12.1 Å². The summed E-state index contributed by atoms with van der Waals surface area (Å²) in [6, 6.07) is 5.36. The Hall–Kier alpha value is -2.10. The number of hydrogen-bond donors (Lipinski definition) is 1. The van der Waals surface area contributed by atoms with Gasteiger partial charge in [-0.2, -0.15) is 0 Å². The molecule has 0 spiro atoms. The fourth-order valence-electron chi connectivity index (χ4n) is 1.53. The summed E-state index contributed by atoms with van der Waals surface area (Å²) in [7, 11) is 0. The molecule has 1 N–H and O–H groups in total. The van der Waals surface area contributed by atoms with Crippen LogP contribution in [-0.2, 0) is 16.1 Å². The SMILES string of the molecule is O=C(O)CC=Cc1ccc2c(c1)C(=O)OC2. The lowest BCUT2D eigenvalue weighted by Crippen LogP contribution is -1.93. The van der Waals surface area contributed by atoms with E-state index in [0.717, 1.165) is 11.1 Å². The number of carboxylic acid groups (broad SMARTS) is 1. The van der Waals surface area contributed by atoms with Gasteiger partial charge in [0.25, 0.3) is 0 Å². The van der Waals surface area contributed by atoms with Crippen LogP contribution in [0, 0.1) is 0 Å². The normalized spacial score (nSPS) is 13.9. The first kappa shape index (κ1) is 10.4. The third-order valence-electron chi connectivity index (χ3n) is 2.32. The van der Waals surface area contributed by atoms with Gasteiger partial charge in [-0.25, -0.2) is 4.79 Å². The lowest BCUT2D eigenvalue weighted by atomic mass is 10.1. The van der Waals surface area contributed by atoms with E-state index in [0.29, 0.717) is 12.2 Å². The molecule has 0 saturated heterocycles. The van der Waals surface area contributed by atoms with Crippen LogP contribution >= 0.6 is 0 Å². The molecule has 1 aromatic rings. The molecular weight excluding hydrogens is 208 g/mol. The fourth-order valence-corrected chi connectivity index (χ4v) is 1.53. The summed E-state index contributed by atoms with van der Waals surface area (Å²) in [5.74, 6) is -1.19. The molecule has 4 nitrogen and oxygen atoms in total. The first-order valence-corrected chi connectivity index (χ1v) is 4.85. The van der Waals surface area contributed by atoms with Gasteiger partial charge >= 0.3 is 11.9 Å². The zero-order valence-corrected chi connectivity index (χ0v) is 8.47. The maximum Gasteiger partial charge on any atom is 0.338 e. The second-order valence-electron chi connectivity index (χ2n) is 3.49. The number of cyclic esters (lactones) is 1. The molecule has 2 rings (SSSR count). The molecule has 4 heteroatoms. The minimum absolute atomic E-state index is 0.0263. The molecule has 16 heavy (non-hydrogen) atoms. The highest BCUT2D eigenvalue weighted by molar-refractivity contribution is 5.94. The molecule has 1 heterocycles. The van der Waals surface area contributed by atoms with Gasteiger partial charge in [-0.1, -0.05) is 24.3 Å². The number of esters is 1. The van der Waals surface area contributed by atoms with Crippen molar-refractivity contribution >= 4 is 18.0 Å². The van der Waals surface area contributed by atoms with Crippen molar-refractivity contribution in [3.05, 3.63) is 41.0 Å². The molecule has 0 bridgehead atoms. The van der Waals surface area contributed by atoms with Gasteiger partial charge in [0, 0.05) is 5.56 Å². The topological polar surface area (TPSA) is 63.6 Å². The lowest BCUT2D eigenvalue weighted by molar-refractivity contribution is -0.135. The van der Waals surface area contributed by atoms with Gasteiger partial charge in [0.15, 0.2) is 0 Å². The van der Waals surface area contributed by atoms with E-state index >= 15 is 0 Å². The molecular formula is C12H10O4. The van der Waals surface area contributed by atoms with Gasteiger partial charge in [-0.3, -0.25) is 4.79 Å². The van der Waals surface area contributed by atoms with Gasteiger partial charge in [-0.15, -0.1) is 0 Å². The van der Waals surface area contributed by atoms with E-state index in [1.165, 1.54) is 0 Å². The van der Waals surface area contributed by atoms with Crippen LogP contribution in [0.4, 0.5) is 0 Å². The number of carbonyl (C=O) groups excluding carboxylic acids is 1. The maximum atomic E-state index is 11.3. The van der Waals surface area contributed by atoms with Crippen LogP contribution in [0.1, 0.15) is 27.9 Å². The molecule has 0 aromatic heterocycles. The Kier molecular flexibility index (Phi) is 2.72. The Balaban J connectivity index is 2.18. The Labute approximate surface area is 92.2 Å². The standard InChI is InChI=1S/C12H10O4/c13-11(14)3-1-2-8-4-5-9-7-16-12(15)10(9)6-8/h1-2,4-6H,3,7H2,(H,13,14). The Bertz CT molecular complexity index is 474. The molecule has 0 aliphatic carbocycles. The molecule has 0 saturated carbocycles. The van der Waals surface area contributed by atoms with Crippen molar-refractivity contribution in [3.8, 4) is 0 Å². The van der Waals surface area contributed by atoms with Crippen LogP contribution in [0.15, 0.2) is 24.3 Å².